The number of hydrogen-bond donors (Lipinski definition) is 2. The van der Waals surface area contributed by atoms with Crippen LogP contribution in [0.4, 0.5) is 11.4 Å². The van der Waals surface area contributed by atoms with Gasteiger partial charge in [0.2, 0.25) is 5.91 Å². The molecule has 0 radical (unpaired) electrons. The number of nitrogens with one attached hydrogen (secondary N) is 2. The predicted octanol–water partition coefficient (Wildman–Crippen LogP) is 2.61. The van der Waals surface area contributed by atoms with Crippen LogP contribution in [0.25, 0.3) is 0 Å². The number of rotatable bonds is 3. The monoisotopic (exact) mass is 238 g/mol. The molecule has 0 atom stereocenters. The second-order valence-corrected chi connectivity index (χ2v) is 4.24. The number of para-hydroxylation sites is 1. The molecule has 0 unspecified atom stereocenters. The van der Waals surface area contributed by atoms with Crippen LogP contribution in [0, 0.1) is 0 Å². The fraction of sp³-hybridized carbons (Fsp3) is 0.417. The third-order valence-electron chi connectivity index (χ3n) is 2.67. The molecular formula is C12H15ClN2O. The highest BCUT2D eigenvalue weighted by atomic mass is 35.5. The molecule has 0 aromatic heterocycles. The van der Waals surface area contributed by atoms with E-state index >= 15 is 0 Å². The summed E-state index contributed by atoms with van der Waals surface area (Å²) in [4.78, 5) is 11.5. The first kappa shape index (κ1) is 11.3. The topological polar surface area (TPSA) is 41.1 Å². The summed E-state index contributed by atoms with van der Waals surface area (Å²) >= 11 is 5.53. The van der Waals surface area contributed by atoms with Gasteiger partial charge in [0.25, 0.3) is 0 Å². The molecule has 0 saturated heterocycles. The molecule has 1 amide bonds. The van der Waals surface area contributed by atoms with E-state index in [0.29, 0.717) is 12.3 Å². The minimum absolute atomic E-state index is 0.0317. The van der Waals surface area contributed by atoms with E-state index in [0.717, 1.165) is 30.8 Å². The molecule has 1 aliphatic rings. The molecule has 0 bridgehead atoms. The minimum Gasteiger partial charge on any atom is -0.383 e. The number of fused-ring (bicyclic) bond motifs is 1. The highest BCUT2D eigenvalue weighted by Crippen LogP contribution is 2.30. The zero-order chi connectivity index (χ0) is 11.4. The Bertz CT molecular complexity index is 393. The Hall–Kier alpha value is -1.22. The molecule has 1 aliphatic heterocycles. The van der Waals surface area contributed by atoms with Crippen molar-refractivity contribution >= 4 is 28.9 Å². The SMILES string of the molecule is O=C(CCCl)Nc1cccc2c1NCCC2. The maximum absolute atomic E-state index is 11.5. The average molecular weight is 239 g/mol. The molecule has 0 aliphatic carbocycles. The number of carbonyl (C=O) groups is 1. The molecule has 16 heavy (non-hydrogen) atoms. The average Bonchev–Trinajstić information content (AvgIpc) is 2.30. The van der Waals surface area contributed by atoms with Gasteiger partial charge < -0.3 is 10.6 Å². The molecule has 2 N–H and O–H groups in total. The van der Waals surface area contributed by atoms with Crippen molar-refractivity contribution in [1.82, 2.24) is 0 Å². The number of carbonyl (C=O) groups excluding carboxylic acids is 1. The van der Waals surface area contributed by atoms with Crippen molar-refractivity contribution in [3.05, 3.63) is 23.8 Å². The summed E-state index contributed by atoms with van der Waals surface area (Å²) in [6, 6.07) is 5.99. The number of halogens is 1. The van der Waals surface area contributed by atoms with E-state index in [1.54, 1.807) is 0 Å². The van der Waals surface area contributed by atoms with Crippen LogP contribution in [0.3, 0.4) is 0 Å². The third-order valence-corrected chi connectivity index (χ3v) is 2.86. The van der Waals surface area contributed by atoms with Crippen LogP contribution < -0.4 is 10.6 Å². The number of alkyl halides is 1. The van der Waals surface area contributed by atoms with Gasteiger partial charge in [-0.3, -0.25) is 4.79 Å². The summed E-state index contributed by atoms with van der Waals surface area (Å²) in [5, 5.41) is 6.22. The largest absolute Gasteiger partial charge is 0.383 e. The van der Waals surface area contributed by atoms with Gasteiger partial charge >= 0.3 is 0 Å². The Kier molecular flexibility index (Phi) is 3.67. The van der Waals surface area contributed by atoms with Crippen molar-refractivity contribution in [3.8, 4) is 0 Å². The lowest BCUT2D eigenvalue weighted by Crippen LogP contribution is -2.17. The molecule has 4 heteroatoms. The second kappa shape index (κ2) is 5.21. The van der Waals surface area contributed by atoms with Crippen molar-refractivity contribution < 1.29 is 4.79 Å². The lowest BCUT2D eigenvalue weighted by Gasteiger charge is -2.21. The van der Waals surface area contributed by atoms with Gasteiger partial charge in [-0.15, -0.1) is 11.6 Å². The first-order valence-electron chi connectivity index (χ1n) is 5.53. The second-order valence-electron chi connectivity index (χ2n) is 3.86. The highest BCUT2D eigenvalue weighted by molar-refractivity contribution is 6.19. The molecule has 0 spiro atoms. The fourth-order valence-electron chi connectivity index (χ4n) is 1.91. The molecule has 2 rings (SSSR count). The standard InChI is InChI=1S/C12H15ClN2O/c13-7-6-11(16)15-10-5-1-3-9-4-2-8-14-12(9)10/h1,3,5,14H,2,4,6-8H2,(H,15,16). The molecule has 1 aromatic rings. The Morgan fingerprint density at radius 1 is 1.50 bits per heavy atom. The van der Waals surface area contributed by atoms with Crippen LogP contribution in [0.1, 0.15) is 18.4 Å². The molecule has 0 saturated carbocycles. The van der Waals surface area contributed by atoms with Crippen molar-refractivity contribution in [2.24, 2.45) is 0 Å². The zero-order valence-corrected chi connectivity index (χ0v) is 9.81. The van der Waals surface area contributed by atoms with E-state index in [4.69, 9.17) is 11.6 Å². The number of amides is 1. The Morgan fingerprint density at radius 3 is 3.19 bits per heavy atom. The molecule has 3 nitrogen and oxygen atoms in total. The first-order valence-corrected chi connectivity index (χ1v) is 6.06. The van der Waals surface area contributed by atoms with Gasteiger partial charge in [0.05, 0.1) is 11.4 Å². The van der Waals surface area contributed by atoms with Gasteiger partial charge in [-0.05, 0) is 24.5 Å². The van der Waals surface area contributed by atoms with Crippen LogP contribution in [0.2, 0.25) is 0 Å². The summed E-state index contributed by atoms with van der Waals surface area (Å²) in [6.45, 7) is 0.968. The summed E-state index contributed by atoms with van der Waals surface area (Å²) in [5.74, 6) is 0.324. The maximum Gasteiger partial charge on any atom is 0.225 e. The van der Waals surface area contributed by atoms with Gasteiger partial charge in [0, 0.05) is 18.8 Å². The summed E-state index contributed by atoms with van der Waals surface area (Å²) in [5.41, 5.74) is 3.21. The summed E-state index contributed by atoms with van der Waals surface area (Å²) in [6.07, 6.45) is 2.57. The molecule has 1 heterocycles. The van der Waals surface area contributed by atoms with E-state index < -0.39 is 0 Å². The van der Waals surface area contributed by atoms with Crippen molar-refractivity contribution in [3.63, 3.8) is 0 Å². The number of aryl methyl sites for hydroxylation is 1. The Balaban J connectivity index is 2.17. The number of anilines is 2. The summed E-state index contributed by atoms with van der Waals surface area (Å²) in [7, 11) is 0. The van der Waals surface area contributed by atoms with Gasteiger partial charge in [0.1, 0.15) is 0 Å². The van der Waals surface area contributed by atoms with Crippen LogP contribution in [-0.2, 0) is 11.2 Å². The van der Waals surface area contributed by atoms with E-state index in [9.17, 15) is 4.79 Å². The van der Waals surface area contributed by atoms with E-state index in [1.807, 2.05) is 12.1 Å². The van der Waals surface area contributed by atoms with Crippen molar-refractivity contribution in [2.75, 3.05) is 23.1 Å². The van der Waals surface area contributed by atoms with Gasteiger partial charge in [-0.25, -0.2) is 0 Å². The van der Waals surface area contributed by atoms with Crippen LogP contribution in [0.15, 0.2) is 18.2 Å². The minimum atomic E-state index is -0.0317. The van der Waals surface area contributed by atoms with Crippen LogP contribution in [-0.4, -0.2) is 18.3 Å². The molecule has 0 fully saturated rings. The van der Waals surface area contributed by atoms with E-state index in [2.05, 4.69) is 16.7 Å². The van der Waals surface area contributed by atoms with Gasteiger partial charge in [-0.2, -0.15) is 0 Å². The van der Waals surface area contributed by atoms with Crippen molar-refractivity contribution in [2.45, 2.75) is 19.3 Å². The lowest BCUT2D eigenvalue weighted by atomic mass is 10.0. The van der Waals surface area contributed by atoms with Crippen LogP contribution in [0.5, 0.6) is 0 Å². The van der Waals surface area contributed by atoms with Crippen LogP contribution >= 0.6 is 11.6 Å². The maximum atomic E-state index is 11.5. The predicted molar refractivity (Wildman–Crippen MR) is 67.2 cm³/mol. The fourth-order valence-corrected chi connectivity index (χ4v) is 2.08. The molecular weight excluding hydrogens is 224 g/mol. The van der Waals surface area contributed by atoms with Gasteiger partial charge in [-0.1, -0.05) is 12.1 Å². The quantitative estimate of drug-likeness (QED) is 0.795. The first-order chi connectivity index (χ1) is 7.81. The number of hydrogen-bond acceptors (Lipinski definition) is 2. The summed E-state index contributed by atoms with van der Waals surface area (Å²) < 4.78 is 0. The van der Waals surface area contributed by atoms with E-state index in [1.165, 1.54) is 5.56 Å². The van der Waals surface area contributed by atoms with Gasteiger partial charge in [0.15, 0.2) is 0 Å². The number of benzene rings is 1. The Morgan fingerprint density at radius 2 is 2.38 bits per heavy atom. The van der Waals surface area contributed by atoms with Crippen molar-refractivity contribution in [1.29, 1.82) is 0 Å². The third kappa shape index (κ3) is 2.47. The molecule has 1 aromatic carbocycles. The zero-order valence-electron chi connectivity index (χ0n) is 9.05. The molecule has 86 valence electrons. The normalized spacial score (nSPS) is 13.8. The highest BCUT2D eigenvalue weighted by Gasteiger charge is 2.13. The lowest BCUT2D eigenvalue weighted by molar-refractivity contribution is -0.115. The Labute approximate surface area is 100 Å². The smallest absolute Gasteiger partial charge is 0.225 e. The van der Waals surface area contributed by atoms with E-state index in [-0.39, 0.29) is 5.91 Å².